The van der Waals surface area contributed by atoms with Crippen LogP contribution in [0, 0.1) is 12.8 Å². The number of Topliss-reactive ketones (excluding diaryl/α,β-unsaturated/α-hetero) is 1. The first-order chi connectivity index (χ1) is 12.1. The fourth-order valence-corrected chi connectivity index (χ4v) is 3.37. The maximum absolute atomic E-state index is 12.7. The first kappa shape index (κ1) is 17.3. The van der Waals surface area contributed by atoms with Crippen LogP contribution in [0.25, 0.3) is 5.57 Å². The maximum Gasteiger partial charge on any atom is 0.159 e. The Labute approximate surface area is 150 Å². The normalized spacial score (nSPS) is 17.0. The topological polar surface area (TPSA) is 30.0 Å². The molecule has 0 bridgehead atoms. The van der Waals surface area contributed by atoms with Crippen LogP contribution in [0.5, 0.6) is 0 Å². The number of hydrogen-bond donors (Lipinski definition) is 0. The number of nitrogens with zero attached hydrogens (tertiary/aromatic N) is 1. The lowest BCUT2D eigenvalue weighted by molar-refractivity contribution is -0.116. The predicted molar refractivity (Wildman–Crippen MR) is 103 cm³/mol. The van der Waals surface area contributed by atoms with E-state index in [9.17, 15) is 4.79 Å². The number of benzene rings is 1. The van der Waals surface area contributed by atoms with Gasteiger partial charge in [-0.3, -0.25) is 9.78 Å². The summed E-state index contributed by atoms with van der Waals surface area (Å²) in [4.78, 5) is 16.8. The van der Waals surface area contributed by atoms with E-state index in [1.54, 1.807) is 12.4 Å². The minimum Gasteiger partial charge on any atom is -0.295 e. The standard InChI is InChI=1S/C23H25NO/c1-17-5-3-6-19(15-17)7-4-8-23(25)22-16-21(10-9-18(22)2)20-11-13-24-14-12-20/h3,5-6,10-16,18H,4,7-9H2,1-2H3. The van der Waals surface area contributed by atoms with Crippen LogP contribution in [0.15, 0.2) is 66.5 Å². The van der Waals surface area contributed by atoms with Crippen molar-refractivity contribution in [1.29, 1.82) is 0 Å². The van der Waals surface area contributed by atoms with E-state index < -0.39 is 0 Å². The minimum absolute atomic E-state index is 0.291. The number of carbonyl (C=O) groups is 1. The zero-order valence-electron chi connectivity index (χ0n) is 15.0. The van der Waals surface area contributed by atoms with E-state index >= 15 is 0 Å². The number of rotatable bonds is 6. The van der Waals surface area contributed by atoms with E-state index in [0.29, 0.717) is 18.1 Å². The highest BCUT2D eigenvalue weighted by molar-refractivity contribution is 5.99. The van der Waals surface area contributed by atoms with Crippen LogP contribution in [0.2, 0.25) is 0 Å². The molecule has 2 nitrogen and oxygen atoms in total. The molecule has 0 spiro atoms. The van der Waals surface area contributed by atoms with E-state index in [1.807, 2.05) is 12.1 Å². The Balaban J connectivity index is 1.64. The van der Waals surface area contributed by atoms with E-state index in [1.165, 1.54) is 11.1 Å². The summed E-state index contributed by atoms with van der Waals surface area (Å²) < 4.78 is 0. The van der Waals surface area contributed by atoms with Crippen LogP contribution in [-0.2, 0) is 11.2 Å². The second-order valence-electron chi connectivity index (χ2n) is 6.90. The van der Waals surface area contributed by atoms with Crippen LogP contribution in [0.3, 0.4) is 0 Å². The van der Waals surface area contributed by atoms with Gasteiger partial charge < -0.3 is 0 Å². The fraction of sp³-hybridized carbons (Fsp3) is 0.304. The summed E-state index contributed by atoms with van der Waals surface area (Å²) >= 11 is 0. The molecule has 1 aliphatic carbocycles. The summed E-state index contributed by atoms with van der Waals surface area (Å²) in [6.07, 6.45) is 11.3. The molecule has 0 saturated carbocycles. The summed E-state index contributed by atoms with van der Waals surface area (Å²) in [6.45, 7) is 4.25. The monoisotopic (exact) mass is 331 g/mol. The van der Waals surface area contributed by atoms with Gasteiger partial charge in [0.2, 0.25) is 0 Å². The van der Waals surface area contributed by atoms with Gasteiger partial charge in [0.05, 0.1) is 0 Å². The Morgan fingerprint density at radius 3 is 2.76 bits per heavy atom. The molecule has 0 saturated heterocycles. The first-order valence-corrected chi connectivity index (χ1v) is 9.04. The molecule has 2 heteroatoms. The maximum atomic E-state index is 12.7. The van der Waals surface area contributed by atoms with Crippen LogP contribution in [0.1, 0.15) is 42.9 Å². The third-order valence-electron chi connectivity index (χ3n) is 4.82. The smallest absolute Gasteiger partial charge is 0.159 e. The SMILES string of the molecule is Cc1cccc(CCCC(=O)C2=CC(c3ccncc3)=CCC2C)c1. The molecule has 0 N–H and O–H groups in total. The Kier molecular flexibility index (Phi) is 5.60. The summed E-state index contributed by atoms with van der Waals surface area (Å²) in [5.74, 6) is 0.594. The molecule has 1 aromatic heterocycles. The first-order valence-electron chi connectivity index (χ1n) is 9.04. The second-order valence-corrected chi connectivity index (χ2v) is 6.90. The van der Waals surface area contributed by atoms with E-state index in [-0.39, 0.29) is 0 Å². The van der Waals surface area contributed by atoms with Crippen LogP contribution in [-0.4, -0.2) is 10.8 Å². The summed E-state index contributed by atoms with van der Waals surface area (Å²) in [5.41, 5.74) is 5.84. The van der Waals surface area contributed by atoms with Gasteiger partial charge in [0.15, 0.2) is 5.78 Å². The van der Waals surface area contributed by atoms with Gasteiger partial charge in [-0.2, -0.15) is 0 Å². The van der Waals surface area contributed by atoms with Crippen LogP contribution in [0.4, 0.5) is 0 Å². The molecule has 0 amide bonds. The third-order valence-corrected chi connectivity index (χ3v) is 4.82. The number of ketones is 1. The van der Waals surface area contributed by atoms with Crippen molar-refractivity contribution in [2.24, 2.45) is 5.92 Å². The van der Waals surface area contributed by atoms with Crippen molar-refractivity contribution in [3.05, 3.63) is 83.2 Å². The lowest BCUT2D eigenvalue weighted by Gasteiger charge is -2.20. The molecule has 1 heterocycles. The number of allylic oxidation sites excluding steroid dienone is 4. The largest absolute Gasteiger partial charge is 0.295 e. The molecule has 1 atom stereocenters. The molecular weight excluding hydrogens is 306 g/mol. The Hall–Kier alpha value is -2.48. The molecule has 0 radical (unpaired) electrons. The average molecular weight is 331 g/mol. The third kappa shape index (κ3) is 4.54. The molecule has 1 unspecified atom stereocenters. The molecular formula is C23H25NO. The van der Waals surface area contributed by atoms with Gasteiger partial charge in [-0.25, -0.2) is 0 Å². The molecule has 3 rings (SSSR count). The second kappa shape index (κ2) is 8.06. The van der Waals surface area contributed by atoms with Gasteiger partial charge in [0.25, 0.3) is 0 Å². The Bertz CT molecular complexity index is 802. The number of pyridine rings is 1. The van der Waals surface area contributed by atoms with Crippen molar-refractivity contribution >= 4 is 11.4 Å². The lowest BCUT2D eigenvalue weighted by atomic mass is 9.84. The highest BCUT2D eigenvalue weighted by Gasteiger charge is 2.20. The fourth-order valence-electron chi connectivity index (χ4n) is 3.37. The van der Waals surface area contributed by atoms with Crippen molar-refractivity contribution in [2.75, 3.05) is 0 Å². The summed E-state index contributed by atoms with van der Waals surface area (Å²) in [6, 6.07) is 12.5. The average Bonchev–Trinajstić information content (AvgIpc) is 2.63. The predicted octanol–water partition coefficient (Wildman–Crippen LogP) is 5.33. The van der Waals surface area contributed by atoms with Crippen LogP contribution < -0.4 is 0 Å². The van der Waals surface area contributed by atoms with Crippen molar-refractivity contribution in [1.82, 2.24) is 4.98 Å². The quantitative estimate of drug-likeness (QED) is 0.716. The van der Waals surface area contributed by atoms with Crippen molar-refractivity contribution < 1.29 is 4.79 Å². The zero-order valence-corrected chi connectivity index (χ0v) is 15.0. The van der Waals surface area contributed by atoms with Gasteiger partial charge in [-0.15, -0.1) is 0 Å². The molecule has 25 heavy (non-hydrogen) atoms. The number of aromatic nitrogens is 1. The van der Waals surface area contributed by atoms with Gasteiger partial charge in [-0.1, -0.05) is 42.8 Å². The Morgan fingerprint density at radius 1 is 1.20 bits per heavy atom. The molecule has 2 aromatic rings. The van der Waals surface area contributed by atoms with Crippen molar-refractivity contribution in [3.63, 3.8) is 0 Å². The molecule has 0 fully saturated rings. The van der Waals surface area contributed by atoms with E-state index in [0.717, 1.165) is 36.0 Å². The lowest BCUT2D eigenvalue weighted by Crippen LogP contribution is -2.13. The molecule has 1 aromatic carbocycles. The highest BCUT2D eigenvalue weighted by atomic mass is 16.1. The van der Waals surface area contributed by atoms with Crippen LogP contribution >= 0.6 is 0 Å². The molecule has 1 aliphatic rings. The van der Waals surface area contributed by atoms with E-state index in [2.05, 4.69) is 55.2 Å². The molecule has 0 aliphatic heterocycles. The number of aryl methyl sites for hydroxylation is 2. The van der Waals surface area contributed by atoms with Gasteiger partial charge in [0.1, 0.15) is 0 Å². The Morgan fingerprint density at radius 2 is 2.00 bits per heavy atom. The van der Waals surface area contributed by atoms with Gasteiger partial charge >= 0.3 is 0 Å². The number of hydrogen-bond acceptors (Lipinski definition) is 2. The van der Waals surface area contributed by atoms with Crippen molar-refractivity contribution in [3.8, 4) is 0 Å². The summed E-state index contributed by atoms with van der Waals surface area (Å²) in [7, 11) is 0. The van der Waals surface area contributed by atoms with Gasteiger partial charge in [-0.05, 0) is 72.6 Å². The molecule has 128 valence electrons. The van der Waals surface area contributed by atoms with Gasteiger partial charge in [0, 0.05) is 18.8 Å². The number of carbonyl (C=O) groups excluding carboxylic acids is 1. The van der Waals surface area contributed by atoms with Crippen molar-refractivity contribution in [2.45, 2.75) is 39.5 Å². The summed E-state index contributed by atoms with van der Waals surface area (Å²) in [5, 5.41) is 0. The zero-order chi connectivity index (χ0) is 17.6. The van der Waals surface area contributed by atoms with E-state index in [4.69, 9.17) is 0 Å². The highest BCUT2D eigenvalue weighted by Crippen LogP contribution is 2.30. The minimum atomic E-state index is 0.291.